The highest BCUT2D eigenvalue weighted by molar-refractivity contribution is 6.11. The van der Waals surface area contributed by atoms with E-state index in [1.165, 1.54) is 65.8 Å². The molecule has 0 aliphatic carbocycles. The zero-order valence-electron chi connectivity index (χ0n) is 24.9. The van der Waals surface area contributed by atoms with E-state index in [9.17, 15) is 0 Å². The average molecular weight is 580 g/mol. The van der Waals surface area contributed by atoms with Gasteiger partial charge in [0, 0.05) is 57.2 Å². The Morgan fingerprint density at radius 1 is 0.489 bits per heavy atom. The third-order valence-electron chi connectivity index (χ3n) is 9.73. The molecule has 5 heteroatoms. The number of hydrogen-bond acceptors (Lipinski definition) is 1. The highest BCUT2D eigenvalue weighted by Crippen LogP contribution is 2.35. The lowest BCUT2D eigenvalue weighted by Gasteiger charge is -2.11. The quantitative estimate of drug-likeness (QED) is 0.204. The van der Waals surface area contributed by atoms with E-state index in [4.69, 9.17) is 4.98 Å². The number of hydrogen-bond donors (Lipinski definition) is 0. The minimum Gasteiger partial charge on any atom is -0.344 e. The van der Waals surface area contributed by atoms with Crippen LogP contribution < -0.4 is 0 Å². The summed E-state index contributed by atoms with van der Waals surface area (Å²) in [4.78, 5) is 5.08. The summed E-state index contributed by atoms with van der Waals surface area (Å²) < 4.78 is 9.46. The van der Waals surface area contributed by atoms with Crippen LogP contribution in [0.3, 0.4) is 0 Å². The van der Waals surface area contributed by atoms with Gasteiger partial charge in [0.15, 0.2) is 0 Å². The monoisotopic (exact) mass is 579 g/mol. The van der Waals surface area contributed by atoms with Gasteiger partial charge in [0.1, 0.15) is 0 Å². The predicted molar refractivity (Wildman–Crippen MR) is 186 cm³/mol. The number of rotatable bonds is 4. The van der Waals surface area contributed by atoms with Gasteiger partial charge in [-0.25, -0.2) is 4.98 Å². The SMILES string of the molecule is Cn1c2ccccc2c2c(Cn3c4ccccc4c4cc(Cn5c6ccccc6n6c7ccccc7nc56)ccc43)cccc21. The Bertz CT molecular complexity index is 2780. The summed E-state index contributed by atoms with van der Waals surface area (Å²) in [5, 5.41) is 5.22. The van der Waals surface area contributed by atoms with E-state index in [1.54, 1.807) is 0 Å². The molecule has 0 N–H and O–H groups in total. The standard InChI is InChI=1S/C40H29N5/c1-42-32-15-5-3-13-29(32)39-27(11-10-20-38(39)42)25-43-33-16-6-2-12-28(33)30-23-26(21-22-34(30)43)24-44-36-18-8-9-19-37(36)45-35-17-7-4-14-31(35)41-40(44)45/h2-23H,24-25H2,1H3. The molecule has 0 saturated carbocycles. The molecule has 0 bridgehead atoms. The Morgan fingerprint density at radius 2 is 1.16 bits per heavy atom. The lowest BCUT2D eigenvalue weighted by atomic mass is 10.1. The second-order valence-corrected chi connectivity index (χ2v) is 12.2. The van der Waals surface area contributed by atoms with Crippen LogP contribution in [0.2, 0.25) is 0 Å². The van der Waals surface area contributed by atoms with Crippen molar-refractivity contribution >= 4 is 71.5 Å². The predicted octanol–water partition coefficient (Wildman–Crippen LogP) is 9.29. The molecule has 0 atom stereocenters. The van der Waals surface area contributed by atoms with Gasteiger partial charge in [-0.2, -0.15) is 0 Å². The molecule has 6 aromatic carbocycles. The van der Waals surface area contributed by atoms with Crippen LogP contribution >= 0.6 is 0 Å². The van der Waals surface area contributed by atoms with Crippen LogP contribution in [0.5, 0.6) is 0 Å². The molecule has 0 spiro atoms. The fraction of sp³-hybridized carbons (Fsp3) is 0.0750. The van der Waals surface area contributed by atoms with Crippen molar-refractivity contribution in [2.45, 2.75) is 13.1 Å². The summed E-state index contributed by atoms with van der Waals surface area (Å²) in [5.41, 5.74) is 12.2. The summed E-state index contributed by atoms with van der Waals surface area (Å²) in [6, 6.07) is 48.4. The van der Waals surface area contributed by atoms with Gasteiger partial charge in [-0.1, -0.05) is 78.9 Å². The first-order valence-corrected chi connectivity index (χ1v) is 15.5. The maximum atomic E-state index is 5.08. The summed E-state index contributed by atoms with van der Waals surface area (Å²) in [6.07, 6.45) is 0. The first kappa shape index (κ1) is 24.6. The smallest absolute Gasteiger partial charge is 0.216 e. The number of imidazole rings is 2. The minimum atomic E-state index is 0.741. The van der Waals surface area contributed by atoms with E-state index < -0.39 is 0 Å². The molecule has 0 unspecified atom stereocenters. The van der Waals surface area contributed by atoms with Crippen molar-refractivity contribution in [1.29, 1.82) is 0 Å². The second kappa shape index (κ2) is 9.10. The minimum absolute atomic E-state index is 0.741. The lowest BCUT2D eigenvalue weighted by Crippen LogP contribution is -2.02. The van der Waals surface area contributed by atoms with E-state index in [2.05, 4.69) is 159 Å². The van der Waals surface area contributed by atoms with Crippen LogP contribution in [0, 0.1) is 0 Å². The van der Waals surface area contributed by atoms with Gasteiger partial charge in [0.25, 0.3) is 0 Å². The van der Waals surface area contributed by atoms with Gasteiger partial charge >= 0.3 is 0 Å². The first-order valence-electron chi connectivity index (χ1n) is 15.5. The molecule has 0 amide bonds. The number of nitrogens with zero attached hydrogens (tertiary/aromatic N) is 5. The highest BCUT2D eigenvalue weighted by atomic mass is 15.2. The summed E-state index contributed by atoms with van der Waals surface area (Å²) >= 11 is 0. The van der Waals surface area contributed by atoms with Gasteiger partial charge in [-0.15, -0.1) is 0 Å². The molecule has 4 aromatic heterocycles. The van der Waals surface area contributed by atoms with Crippen molar-refractivity contribution in [2.24, 2.45) is 7.05 Å². The van der Waals surface area contributed by atoms with Crippen molar-refractivity contribution in [2.75, 3.05) is 0 Å². The molecule has 0 fully saturated rings. The Morgan fingerprint density at radius 3 is 2.02 bits per heavy atom. The average Bonchev–Trinajstić information content (AvgIpc) is 3.79. The topological polar surface area (TPSA) is 32.1 Å². The van der Waals surface area contributed by atoms with Gasteiger partial charge in [0.2, 0.25) is 5.78 Å². The Hall–Kier alpha value is -5.81. The van der Waals surface area contributed by atoms with Crippen LogP contribution in [-0.2, 0) is 20.1 Å². The Balaban J connectivity index is 1.14. The maximum absolute atomic E-state index is 5.08. The summed E-state index contributed by atoms with van der Waals surface area (Å²) in [5.74, 6) is 0.975. The molecule has 10 rings (SSSR count). The number of aromatic nitrogens is 5. The van der Waals surface area contributed by atoms with Crippen LogP contribution in [0.4, 0.5) is 0 Å². The molecule has 0 aliphatic rings. The first-order chi connectivity index (χ1) is 22.2. The molecule has 10 aromatic rings. The van der Waals surface area contributed by atoms with E-state index >= 15 is 0 Å². The van der Waals surface area contributed by atoms with Crippen molar-refractivity contribution in [3.63, 3.8) is 0 Å². The maximum Gasteiger partial charge on any atom is 0.216 e. The van der Waals surface area contributed by atoms with Crippen LogP contribution in [0.25, 0.3) is 71.5 Å². The molecule has 0 aliphatic heterocycles. The number of fused-ring (bicyclic) bond motifs is 11. The van der Waals surface area contributed by atoms with E-state index in [0.29, 0.717) is 0 Å². The van der Waals surface area contributed by atoms with E-state index in [-0.39, 0.29) is 0 Å². The normalized spacial score (nSPS) is 12.3. The third-order valence-corrected chi connectivity index (χ3v) is 9.73. The molecule has 214 valence electrons. The Kier molecular flexibility index (Phi) is 4.98. The Labute approximate surface area is 258 Å². The molecular formula is C40H29N5. The van der Waals surface area contributed by atoms with Gasteiger partial charge < -0.3 is 13.7 Å². The van der Waals surface area contributed by atoms with Gasteiger partial charge in [-0.05, 0) is 65.7 Å². The number of benzene rings is 6. The number of aryl methyl sites for hydroxylation is 1. The molecule has 45 heavy (non-hydrogen) atoms. The van der Waals surface area contributed by atoms with Gasteiger partial charge in [-0.3, -0.25) is 4.40 Å². The molecular weight excluding hydrogens is 550 g/mol. The molecule has 5 nitrogen and oxygen atoms in total. The fourth-order valence-corrected chi connectivity index (χ4v) is 7.72. The number of para-hydroxylation sites is 6. The van der Waals surface area contributed by atoms with Crippen LogP contribution in [0.1, 0.15) is 11.1 Å². The van der Waals surface area contributed by atoms with E-state index in [0.717, 1.165) is 29.9 Å². The van der Waals surface area contributed by atoms with Crippen molar-refractivity contribution in [3.05, 3.63) is 145 Å². The highest BCUT2D eigenvalue weighted by Gasteiger charge is 2.18. The molecule has 0 saturated heterocycles. The zero-order chi connectivity index (χ0) is 29.6. The van der Waals surface area contributed by atoms with Gasteiger partial charge in [0.05, 0.1) is 28.6 Å². The molecule has 4 heterocycles. The third kappa shape index (κ3) is 3.41. The van der Waals surface area contributed by atoms with Crippen LogP contribution in [0.15, 0.2) is 133 Å². The lowest BCUT2D eigenvalue weighted by molar-refractivity contribution is 0.847. The van der Waals surface area contributed by atoms with Crippen molar-refractivity contribution in [3.8, 4) is 0 Å². The van der Waals surface area contributed by atoms with Crippen molar-refractivity contribution in [1.82, 2.24) is 23.1 Å². The van der Waals surface area contributed by atoms with Crippen LogP contribution in [-0.4, -0.2) is 23.1 Å². The summed E-state index contributed by atoms with van der Waals surface area (Å²) in [6.45, 7) is 1.54. The fourth-order valence-electron chi connectivity index (χ4n) is 7.72. The second-order valence-electron chi connectivity index (χ2n) is 12.2. The van der Waals surface area contributed by atoms with Crippen molar-refractivity contribution < 1.29 is 0 Å². The largest absolute Gasteiger partial charge is 0.344 e. The summed E-state index contributed by atoms with van der Waals surface area (Å²) in [7, 11) is 2.17. The van der Waals surface area contributed by atoms with E-state index in [1.807, 2.05) is 0 Å². The zero-order valence-corrected chi connectivity index (χ0v) is 24.9. The molecule has 0 radical (unpaired) electrons.